The molecule has 20 rings (SSSR count). The van der Waals surface area contributed by atoms with E-state index in [0.29, 0.717) is 96.7 Å². The van der Waals surface area contributed by atoms with Gasteiger partial charge in [-0.15, -0.1) is 20.4 Å². The van der Waals surface area contributed by atoms with Crippen molar-refractivity contribution in [2.45, 2.75) is 277 Å². The highest BCUT2D eigenvalue weighted by Gasteiger charge is 2.34. The molecule has 118 heavy (non-hydrogen) atoms. The van der Waals surface area contributed by atoms with E-state index in [0.717, 1.165) is 89.7 Å². The van der Waals surface area contributed by atoms with E-state index in [-0.39, 0.29) is 33.9 Å². The van der Waals surface area contributed by atoms with Crippen molar-refractivity contribution in [2.75, 3.05) is 54.1 Å². The molecule has 2 saturated heterocycles. The molecule has 0 bridgehead atoms. The Morgan fingerprint density at radius 3 is 0.958 bits per heavy atom. The molecule has 5 saturated carbocycles. The van der Waals surface area contributed by atoms with Crippen molar-refractivity contribution in [2.24, 2.45) is 4.99 Å². The Morgan fingerprint density at radius 1 is 0.347 bits per heavy atom. The molecule has 3 aliphatic heterocycles. The average Bonchev–Trinajstić information content (AvgIpc) is 1.10. The molecule has 12 aromatic rings. The Kier molecular flexibility index (Phi) is 22.0. The first kappa shape index (κ1) is 80.0. The van der Waals surface area contributed by atoms with Crippen molar-refractivity contribution in [3.05, 3.63) is 151 Å². The summed E-state index contributed by atoms with van der Waals surface area (Å²) < 4.78 is 34.8. The number of aliphatic imine (C=N–C) groups is 1. The smallest absolute Gasteiger partial charge is 0.320 e. The van der Waals surface area contributed by atoms with Crippen LogP contribution in [-0.2, 0) is 31.1 Å². The molecule has 2 atom stereocenters. The minimum Gasteiger partial charge on any atom is -0.402 e. The minimum absolute atomic E-state index is 0.00292. The van der Waals surface area contributed by atoms with Crippen molar-refractivity contribution >= 4 is 73.9 Å². The van der Waals surface area contributed by atoms with Crippen molar-refractivity contribution < 1.29 is 27.1 Å². The maximum absolute atomic E-state index is 5.94. The van der Waals surface area contributed by atoms with Gasteiger partial charge in [0.2, 0.25) is 0 Å². The molecule has 0 unspecified atom stereocenters. The lowest BCUT2D eigenvalue weighted by atomic mass is 9.83. The van der Waals surface area contributed by atoms with Gasteiger partial charge in [-0.1, -0.05) is 141 Å². The molecule has 7 fully saturated rings. The predicted molar refractivity (Wildman–Crippen MR) is 468 cm³/mol. The highest BCUT2D eigenvalue weighted by atomic mass is 16.5. The quantitative estimate of drug-likeness (QED) is 0.0621. The molecule has 23 nitrogen and oxygen atoms in total. The third-order valence-corrected chi connectivity index (χ3v) is 24.2. The van der Waals surface area contributed by atoms with Crippen LogP contribution in [0.15, 0.2) is 107 Å². The van der Waals surface area contributed by atoms with Gasteiger partial charge in [0.1, 0.15) is 22.8 Å². The summed E-state index contributed by atoms with van der Waals surface area (Å²) in [6, 6.07) is 29.1. The van der Waals surface area contributed by atoms with E-state index in [1.807, 2.05) is 12.1 Å². The maximum Gasteiger partial charge on any atom is 0.320 e. The van der Waals surface area contributed by atoms with Crippen LogP contribution in [-0.4, -0.2) is 118 Å². The predicted octanol–water partition coefficient (Wildman–Crippen LogP) is 22.0. The SMILES string of the molecule is Cc1cc(-c2nnc(NC3=CCN=C3)o2)nc2c(C(C)(C)C)cc(C3CC3)cc12.Cc1cc(-c2nnc(NC3CCCC3)o2)nc2c(C(C)(C)C)cc(C3CC3)cc12.Cc1cc(-c2nnc(NC[C@@H]3CCCO3)o2)nc2c(C(C)(C)C)cc(C3CC3)cc12.Cc1cc(-c2nnc(NC[C@H]3CCCO3)o2)nc2c(C(C)(C)C)cc(C3CC3)cc12. The number of pyridine rings is 4. The van der Waals surface area contributed by atoms with E-state index in [1.54, 1.807) is 6.21 Å². The number of nitrogens with zero attached hydrogens (tertiary/aromatic N) is 13. The summed E-state index contributed by atoms with van der Waals surface area (Å²) in [6.45, 7) is 39.3. The second-order valence-electron chi connectivity index (χ2n) is 38.3. The maximum atomic E-state index is 5.94. The van der Waals surface area contributed by atoms with E-state index < -0.39 is 0 Å². The normalized spacial score (nSPS) is 18.4. The number of nitrogens with one attached hydrogen (secondary N) is 4. The van der Waals surface area contributed by atoms with Gasteiger partial charge in [0.15, 0.2) is 0 Å². The van der Waals surface area contributed by atoms with Crippen LogP contribution in [0.5, 0.6) is 0 Å². The first-order chi connectivity index (χ1) is 56.5. The van der Waals surface area contributed by atoms with Crippen molar-refractivity contribution in [3.63, 3.8) is 0 Å². The lowest BCUT2D eigenvalue weighted by molar-refractivity contribution is 0.120. The summed E-state index contributed by atoms with van der Waals surface area (Å²) in [5, 5.41) is 51.4. The van der Waals surface area contributed by atoms with E-state index in [4.69, 9.17) is 47.1 Å². The van der Waals surface area contributed by atoms with Crippen LogP contribution in [0.2, 0.25) is 0 Å². The summed E-state index contributed by atoms with van der Waals surface area (Å²) in [7, 11) is 0. The molecule has 8 aromatic heterocycles. The molecule has 0 amide bonds. The van der Waals surface area contributed by atoms with E-state index in [1.165, 1.54) is 165 Å². The Balaban J connectivity index is 0.000000113. The number of anilines is 4. The van der Waals surface area contributed by atoms with Gasteiger partial charge < -0.3 is 48.4 Å². The Bertz CT molecular complexity index is 5590. The number of allylic oxidation sites excluding steroid dienone is 1. The monoisotopic (exact) mass is 1590 g/mol. The lowest BCUT2D eigenvalue weighted by Crippen LogP contribution is -2.18. The topological polar surface area (TPSA) is 286 Å². The molecular formula is C95H115N17O6. The number of aryl methyl sites for hydroxylation is 4. The summed E-state index contributed by atoms with van der Waals surface area (Å²) in [6.07, 6.45) is 23.8. The van der Waals surface area contributed by atoms with Crippen molar-refractivity contribution in [3.8, 4) is 46.3 Å². The number of ether oxygens (including phenoxy) is 2. The van der Waals surface area contributed by atoms with Crippen LogP contribution >= 0.6 is 0 Å². The fourth-order valence-electron chi connectivity index (χ4n) is 16.8. The van der Waals surface area contributed by atoms with Crippen LogP contribution in [0.3, 0.4) is 0 Å². The molecule has 5 aliphatic carbocycles. The molecule has 4 N–H and O–H groups in total. The molecule has 4 aromatic carbocycles. The number of fused-ring (bicyclic) bond motifs is 4. The largest absolute Gasteiger partial charge is 0.402 e. The van der Waals surface area contributed by atoms with Crippen LogP contribution in [0, 0.1) is 27.7 Å². The minimum atomic E-state index is -0.00292. The molecule has 0 radical (unpaired) electrons. The Morgan fingerprint density at radius 2 is 0.661 bits per heavy atom. The summed E-state index contributed by atoms with van der Waals surface area (Å²) in [5.41, 5.74) is 23.6. The van der Waals surface area contributed by atoms with Crippen LogP contribution < -0.4 is 21.3 Å². The zero-order valence-corrected chi connectivity index (χ0v) is 71.7. The lowest BCUT2D eigenvalue weighted by Gasteiger charge is -2.23. The number of rotatable bonds is 18. The number of aromatic nitrogens is 12. The zero-order chi connectivity index (χ0) is 82.1. The van der Waals surface area contributed by atoms with E-state index in [9.17, 15) is 0 Å². The second-order valence-corrected chi connectivity index (χ2v) is 38.3. The van der Waals surface area contributed by atoms with Gasteiger partial charge >= 0.3 is 24.1 Å². The van der Waals surface area contributed by atoms with E-state index >= 15 is 0 Å². The molecule has 616 valence electrons. The van der Waals surface area contributed by atoms with Gasteiger partial charge in [0.05, 0.1) is 46.5 Å². The Hall–Kier alpha value is -10.4. The molecule has 0 spiro atoms. The summed E-state index contributed by atoms with van der Waals surface area (Å²) in [4.78, 5) is 24.1. The first-order valence-electron chi connectivity index (χ1n) is 43.2. The Labute approximate surface area is 691 Å². The standard InChI is InChI=1S/2C24H30N4O2.C24H30N4O.C23H25N5O/c2*1-14-10-20(22-27-28-23(30-22)25-13-17-6-5-9-29-17)26-21-18(14)11-16(15-7-8-15)12-19(21)24(2,3)4;1-14-11-20(22-27-28-23(29-22)25-17-7-5-6-8-17)26-21-18(14)12-16(15-9-10-15)13-19(21)24(2,3)4;1-13-9-19(21-27-28-22(29-21)25-16-7-8-24-12-16)26-20-17(13)10-15(14-5-6-14)11-18(20)23(2,3)4/h2*10-12,15,17H,5-9,13H2,1-4H3,(H,25,28);11-13,15,17H,5-10H2,1-4H3,(H,25,28);7,9-12,14H,5-6,8H2,1-4H3,(H,25,28)/t2*17-;;/m10../s1. The third kappa shape index (κ3) is 18.3. The molecule has 8 aliphatic rings. The van der Waals surface area contributed by atoms with Gasteiger partial charge in [-0.3, -0.25) is 4.99 Å². The highest BCUT2D eigenvalue weighted by Crippen LogP contribution is 2.49. The number of hydrogen-bond donors (Lipinski definition) is 4. The summed E-state index contributed by atoms with van der Waals surface area (Å²) >= 11 is 0. The molecular weight excluding hydrogens is 1480 g/mol. The molecule has 23 heteroatoms. The van der Waals surface area contributed by atoms with Crippen LogP contribution in [0.4, 0.5) is 24.1 Å². The van der Waals surface area contributed by atoms with Crippen LogP contribution in [0.1, 0.15) is 276 Å². The second kappa shape index (κ2) is 32.4. The van der Waals surface area contributed by atoms with Crippen molar-refractivity contribution in [1.82, 2.24) is 60.7 Å². The van der Waals surface area contributed by atoms with Gasteiger partial charge in [-0.2, -0.15) is 0 Å². The number of benzene rings is 4. The van der Waals surface area contributed by atoms with Gasteiger partial charge in [0, 0.05) is 60.1 Å². The summed E-state index contributed by atoms with van der Waals surface area (Å²) in [5.74, 6) is 4.64. The van der Waals surface area contributed by atoms with Crippen molar-refractivity contribution in [1.29, 1.82) is 0 Å². The highest BCUT2D eigenvalue weighted by molar-refractivity contribution is 5.92. The third-order valence-electron chi connectivity index (χ3n) is 24.2. The average molecular weight is 1590 g/mol. The van der Waals surface area contributed by atoms with E-state index in [2.05, 4.69) is 245 Å². The van der Waals surface area contributed by atoms with Gasteiger partial charge in [-0.25, -0.2) is 19.9 Å². The molecule has 11 heterocycles. The fraction of sp³-hybridized carbons (Fsp3) is 0.505. The van der Waals surface area contributed by atoms with Gasteiger partial charge in [0.25, 0.3) is 23.6 Å². The number of hydrogen-bond acceptors (Lipinski definition) is 23. The first-order valence-corrected chi connectivity index (χ1v) is 43.2. The van der Waals surface area contributed by atoms with Gasteiger partial charge in [-0.05, 0) is 284 Å². The fourth-order valence-corrected chi connectivity index (χ4v) is 16.8. The van der Waals surface area contributed by atoms with Crippen LogP contribution in [0.25, 0.3) is 90.0 Å². The zero-order valence-electron chi connectivity index (χ0n) is 71.7.